The summed E-state index contributed by atoms with van der Waals surface area (Å²) in [4.78, 5) is 227. The van der Waals surface area contributed by atoms with E-state index in [2.05, 4.69) is 54.8 Å². The van der Waals surface area contributed by atoms with Crippen LogP contribution in [-0.2, 0) is 142 Å². The van der Waals surface area contributed by atoms with Crippen molar-refractivity contribution in [2.75, 3.05) is 33.4 Å². The SMILES string of the molecule is CC=C1NC(=O)[C@@H](Cc2ccc(O)cc2)NC(=O)[C@@H]([C@@H](C)O)NC(=O)C(NC(=O)C(NC(=O)C(O)C(CCCCCCCCCCCCC)O[C@@H]2OC[C@@H](O)[C@@H](O[C@@H]3O[C@H](CO)[C@@H](O)[C@H](O)[C@H]3NC(C)=O)[C@@H]2O)C(C)O)C(C)OC(=O)[C@H](Cc2ccc(O)cc2)NC(=O)C(C(C)O[C@H]2O[C@H](COC(C)=O)[C@@H](OC(C)=O)[C@H](OC(C)=O)[C@@H]2OC(C)=O)N(C)C(=O)CNC(=O)[C@@H](CCC(N)=O)NC1=O. The molecule has 0 bridgehead atoms. The van der Waals surface area contributed by atoms with E-state index in [1.165, 1.54) is 43.3 Å². The van der Waals surface area contributed by atoms with E-state index in [1.54, 1.807) is 0 Å². The third kappa shape index (κ3) is 35.6. The minimum atomic E-state index is -2.47. The molecule has 4 fully saturated rings. The van der Waals surface area contributed by atoms with Crippen LogP contribution in [-0.4, -0.2) is 349 Å². The summed E-state index contributed by atoms with van der Waals surface area (Å²) in [6.45, 7) is 8.62. The molecule has 48 nitrogen and oxygen atoms in total. The molecule has 4 aliphatic rings. The zero-order chi connectivity index (χ0) is 102. The molecule has 0 aliphatic carbocycles. The third-order valence-corrected chi connectivity index (χ3v) is 22.8. The van der Waals surface area contributed by atoms with Crippen LogP contribution in [0.4, 0.5) is 0 Å². The number of cyclic esters (lactones) is 1. The summed E-state index contributed by atoms with van der Waals surface area (Å²) in [5.41, 5.74) is 5.15. The zero-order valence-electron chi connectivity index (χ0n) is 78.4. The van der Waals surface area contributed by atoms with Gasteiger partial charge in [-0.25, -0.2) is 4.79 Å². The van der Waals surface area contributed by atoms with Crippen molar-refractivity contribution >= 4 is 94.8 Å². The lowest BCUT2D eigenvalue weighted by atomic mass is 9.96. The van der Waals surface area contributed by atoms with Crippen LogP contribution in [0.5, 0.6) is 11.5 Å². The lowest BCUT2D eigenvalue weighted by Crippen LogP contribution is -2.67. The molecule has 27 atom stereocenters. The summed E-state index contributed by atoms with van der Waals surface area (Å²) in [7, 11) is 0.965. The molecule has 4 heterocycles. The zero-order valence-corrected chi connectivity index (χ0v) is 78.4. The number of nitrogens with one attached hydrogen (secondary N) is 9. The number of carbonyl (C=O) groups excluding carboxylic acids is 16. The van der Waals surface area contributed by atoms with E-state index in [4.69, 9.17) is 57.8 Å². The molecule has 48 heteroatoms. The van der Waals surface area contributed by atoms with Crippen molar-refractivity contribution in [3.05, 3.63) is 71.4 Å². The van der Waals surface area contributed by atoms with Gasteiger partial charge in [0, 0.05) is 60.9 Å². The van der Waals surface area contributed by atoms with Crippen molar-refractivity contribution in [3.8, 4) is 11.5 Å². The van der Waals surface area contributed by atoms with Crippen LogP contribution in [0.15, 0.2) is 60.3 Å². The molecular formula is C89H133N11O37. The lowest BCUT2D eigenvalue weighted by Gasteiger charge is -2.46. The van der Waals surface area contributed by atoms with E-state index in [0.29, 0.717) is 17.7 Å². The van der Waals surface area contributed by atoms with E-state index < -0.39 is 317 Å². The number of likely N-dealkylation sites (N-methyl/N-ethyl adjacent to an activating group) is 1. The van der Waals surface area contributed by atoms with Crippen LogP contribution in [0.25, 0.3) is 0 Å². The second kappa shape index (κ2) is 56.0. The topological polar surface area (TPSA) is 714 Å². The second-order valence-corrected chi connectivity index (χ2v) is 34.0. The van der Waals surface area contributed by atoms with Crippen molar-refractivity contribution in [2.24, 2.45) is 5.73 Å². The number of aromatic hydroxyl groups is 2. The molecule has 0 radical (unpaired) electrons. The molecule has 21 N–H and O–H groups in total. The number of hydrogen-bond donors (Lipinski definition) is 20. The van der Waals surface area contributed by atoms with Crippen LogP contribution < -0.4 is 53.6 Å². The number of carbonyl (C=O) groups is 16. The van der Waals surface area contributed by atoms with Crippen molar-refractivity contribution in [1.29, 1.82) is 0 Å². The Labute approximate surface area is 790 Å². The van der Waals surface area contributed by atoms with Crippen molar-refractivity contribution in [2.45, 2.75) is 344 Å². The van der Waals surface area contributed by atoms with Crippen molar-refractivity contribution in [3.63, 3.8) is 0 Å². The van der Waals surface area contributed by atoms with Crippen LogP contribution in [0, 0.1) is 0 Å². The molecule has 2 aromatic carbocycles. The van der Waals surface area contributed by atoms with Gasteiger partial charge in [0.05, 0.1) is 44.2 Å². The van der Waals surface area contributed by atoms with Gasteiger partial charge in [-0.15, -0.1) is 0 Å². The van der Waals surface area contributed by atoms with Gasteiger partial charge in [-0.05, 0) is 82.9 Å². The van der Waals surface area contributed by atoms with Gasteiger partial charge in [-0.2, -0.15) is 0 Å². The highest BCUT2D eigenvalue weighted by atomic mass is 16.8. The Balaban J connectivity index is 1.50. The van der Waals surface area contributed by atoms with Gasteiger partial charge in [0.15, 0.2) is 43.3 Å². The van der Waals surface area contributed by atoms with Crippen molar-refractivity contribution < 1.29 is 180 Å². The number of esters is 5. The number of aliphatic hydroxyl groups is 8. The lowest BCUT2D eigenvalue weighted by molar-refractivity contribution is -0.339. The third-order valence-electron chi connectivity index (χ3n) is 22.8. The number of unbranched alkanes of at least 4 members (excludes halogenated alkanes) is 10. The van der Waals surface area contributed by atoms with E-state index in [0.717, 1.165) is 139 Å². The number of amides is 11. The Morgan fingerprint density at radius 2 is 1.16 bits per heavy atom. The molecule has 4 aliphatic heterocycles. The molecular weight excluding hydrogens is 1820 g/mol. The van der Waals surface area contributed by atoms with Gasteiger partial charge >= 0.3 is 29.8 Å². The Morgan fingerprint density at radius 3 is 1.70 bits per heavy atom. The molecule has 6 rings (SSSR count). The van der Waals surface area contributed by atoms with Crippen molar-refractivity contribution in [1.82, 2.24) is 52.8 Å². The van der Waals surface area contributed by atoms with E-state index >= 15 is 19.2 Å². The van der Waals surface area contributed by atoms with Crippen LogP contribution >= 0.6 is 0 Å². The Bertz CT molecular complexity index is 4410. The monoisotopic (exact) mass is 1950 g/mol. The first kappa shape index (κ1) is 114. The summed E-state index contributed by atoms with van der Waals surface area (Å²) in [5, 5.41) is 132. The van der Waals surface area contributed by atoms with Gasteiger partial charge in [-0.1, -0.05) is 108 Å². The van der Waals surface area contributed by atoms with Crippen LogP contribution in [0.2, 0.25) is 0 Å². The second-order valence-electron chi connectivity index (χ2n) is 34.0. The van der Waals surface area contributed by atoms with E-state index in [9.17, 15) is 109 Å². The first-order valence-corrected chi connectivity index (χ1v) is 45.3. The van der Waals surface area contributed by atoms with Gasteiger partial charge in [0.1, 0.15) is 121 Å². The summed E-state index contributed by atoms with van der Waals surface area (Å²) in [6.07, 6.45) is -28.9. The molecule has 8 unspecified atom stereocenters. The predicted octanol–water partition coefficient (Wildman–Crippen LogP) is -4.93. The number of hydrogen-bond acceptors (Lipinski definition) is 37. The Morgan fingerprint density at radius 1 is 0.606 bits per heavy atom. The average Bonchev–Trinajstić information content (AvgIpc) is 0.796. The molecule has 766 valence electrons. The fourth-order valence-electron chi connectivity index (χ4n) is 15.5. The number of rotatable bonds is 40. The predicted molar refractivity (Wildman–Crippen MR) is 470 cm³/mol. The van der Waals surface area contributed by atoms with Gasteiger partial charge < -0.3 is 162 Å². The number of allylic oxidation sites excluding steroid dienone is 1. The highest BCUT2D eigenvalue weighted by Gasteiger charge is 2.56. The quantitative estimate of drug-likeness (QED) is 0.0129. The average molecular weight is 1950 g/mol. The summed E-state index contributed by atoms with van der Waals surface area (Å²) >= 11 is 0. The number of ether oxygens (including phenoxy) is 11. The maximum atomic E-state index is 15.8. The smallest absolute Gasteiger partial charge is 0.329 e. The highest BCUT2D eigenvalue weighted by molar-refractivity contribution is 6.03. The first-order chi connectivity index (χ1) is 64.7. The maximum absolute atomic E-state index is 15.8. The number of phenolic OH excluding ortho intramolecular Hbond substituents is 2. The molecule has 0 spiro atoms. The fourth-order valence-corrected chi connectivity index (χ4v) is 15.5. The minimum absolute atomic E-state index is 0.0880. The van der Waals surface area contributed by atoms with Gasteiger partial charge in [0.2, 0.25) is 53.2 Å². The molecule has 0 aromatic heterocycles. The van der Waals surface area contributed by atoms with E-state index in [1.807, 2.05) is 0 Å². The highest BCUT2D eigenvalue weighted by Crippen LogP contribution is 2.34. The first-order valence-electron chi connectivity index (χ1n) is 45.3. The van der Waals surface area contributed by atoms with Crippen LogP contribution in [0.3, 0.4) is 0 Å². The van der Waals surface area contributed by atoms with Crippen LogP contribution in [0.1, 0.15) is 177 Å². The molecule has 2 aromatic rings. The maximum Gasteiger partial charge on any atom is 0.329 e. The molecule has 137 heavy (non-hydrogen) atoms. The molecule has 0 saturated carbocycles. The van der Waals surface area contributed by atoms with E-state index in [-0.39, 0.29) is 35.5 Å². The Hall–Kier alpha value is -11.3. The number of nitrogens with zero attached hydrogens (tertiary/aromatic N) is 1. The molecule has 11 amide bonds. The summed E-state index contributed by atoms with van der Waals surface area (Å²) in [6, 6.07) is -6.77. The Kier molecular flexibility index (Phi) is 46.8. The number of benzene rings is 2. The fraction of sp³-hybridized carbons (Fsp3) is 0.663. The number of aliphatic hydroxyl groups excluding tert-OH is 8. The normalized spacial score (nSPS) is 28.6. The largest absolute Gasteiger partial charge is 0.508 e. The summed E-state index contributed by atoms with van der Waals surface area (Å²) < 4.78 is 64.1. The number of nitrogens with two attached hydrogens (primary N) is 1. The molecule has 4 saturated heterocycles. The standard InChI is InChI=1S/C89H133N11O37/c1-13-15-16-17-18-19-20-21-22-23-24-25-60(134-88-73(117)74(59(111)40-128-88)137-87-68(92-46(7)104)72(116)70(114)61(39-101)135-87)71(115)85(125)98-66(43(4)103)82(122)99-67-44(5)129-86(126)58(37-52-28-32-54(110)33-29-52)96-84(124)69(45(6)130-89-77(133-50(11)108)76(132-49(10)107)75(131-48(9)106)62(136-89)41-127-47(8)105)100(12)64(113)38-91-78(118)56(34-35-63(90)112)94-79(119)55(14-2)93-80(120)57(36-51-26-30-53(109)31-27-51)95-81(121)65(42(3)102)97-83(67)123/h14,26-33,42-45,56-62,65-77,87-89,101-103,109-111,114-117H,13,15-25,34-41H2,1-12H3,(H2,90,112)(H,91,118)(H,92,104)(H,93,120)(H,94,119)(H,95,121)(H,96,124)(H,97,123)(H,98,125)(H,99,122)/t42-,43?,44?,45?,56-,57-,58+,59-,60?,61-,62-,65-,66?,67?,68-,69?,70-,71?,72-,73+,74-,75-,76+,77+,87+,88+,89+/m1/s1. The number of primary amides is 1. The minimum Gasteiger partial charge on any atom is -0.508 e. The van der Waals surface area contributed by atoms with Gasteiger partial charge in [-0.3, -0.25) is 71.9 Å². The summed E-state index contributed by atoms with van der Waals surface area (Å²) in [5.74, 6) is -20.5. The number of phenols is 2. The van der Waals surface area contributed by atoms with Gasteiger partial charge in [0.25, 0.3) is 11.8 Å².